The number of hydrogen-bond acceptors (Lipinski definition) is 2. The van der Waals surface area contributed by atoms with E-state index >= 15 is 0 Å². The standard InChI is InChI=1S/C60H44N2/c1-5-16-41(17-6-1)43-28-32-47(33-29-43)56-38-52(39-57(61-56)48-34-30-44(31-35-48)42-18-7-2-8-19-42)49-25-15-26-50(36-49)55-37-51-24-13-14-27-53(51)59-54(45-20-9-3-10-21-45)40-58(62-60(55)59)46-22-11-4-12-23-46/h1-40,56,58,61-62H. The number of benzene rings is 9. The van der Waals surface area contributed by atoms with E-state index in [4.69, 9.17) is 0 Å². The molecule has 2 heteroatoms. The first-order chi connectivity index (χ1) is 30.7. The van der Waals surface area contributed by atoms with Gasteiger partial charge >= 0.3 is 0 Å². The zero-order valence-corrected chi connectivity index (χ0v) is 34.2. The topological polar surface area (TPSA) is 24.1 Å². The van der Waals surface area contributed by atoms with Crippen molar-refractivity contribution in [2.75, 3.05) is 5.32 Å². The van der Waals surface area contributed by atoms with E-state index in [2.05, 4.69) is 253 Å². The molecular weight excluding hydrogens is 749 g/mol. The molecule has 9 aromatic rings. The summed E-state index contributed by atoms with van der Waals surface area (Å²) >= 11 is 0. The largest absolute Gasteiger partial charge is 0.374 e. The lowest BCUT2D eigenvalue weighted by Gasteiger charge is -2.31. The third kappa shape index (κ3) is 7.23. The summed E-state index contributed by atoms with van der Waals surface area (Å²) in [6, 6.07) is 81.0. The molecule has 0 amide bonds. The fourth-order valence-corrected chi connectivity index (χ4v) is 9.16. The molecule has 0 aliphatic carbocycles. The fourth-order valence-electron chi connectivity index (χ4n) is 9.16. The quantitative estimate of drug-likeness (QED) is 0.160. The second kappa shape index (κ2) is 16.3. The zero-order chi connectivity index (χ0) is 41.2. The average Bonchev–Trinajstić information content (AvgIpc) is 3.37. The summed E-state index contributed by atoms with van der Waals surface area (Å²) < 4.78 is 0. The van der Waals surface area contributed by atoms with Crippen LogP contribution in [0.3, 0.4) is 0 Å². The van der Waals surface area contributed by atoms with Gasteiger partial charge in [0, 0.05) is 16.8 Å². The van der Waals surface area contributed by atoms with Crippen molar-refractivity contribution in [1.82, 2.24) is 5.32 Å². The molecule has 0 saturated heterocycles. The van der Waals surface area contributed by atoms with E-state index in [0.29, 0.717) is 0 Å². The highest BCUT2D eigenvalue weighted by atomic mass is 14.9. The summed E-state index contributed by atoms with van der Waals surface area (Å²) in [7, 11) is 0. The van der Waals surface area contributed by atoms with Crippen molar-refractivity contribution in [3.63, 3.8) is 0 Å². The number of fused-ring (bicyclic) bond motifs is 3. The van der Waals surface area contributed by atoms with E-state index < -0.39 is 0 Å². The van der Waals surface area contributed by atoms with E-state index in [0.717, 1.165) is 16.9 Å². The first-order valence-corrected chi connectivity index (χ1v) is 21.5. The molecule has 2 N–H and O–H groups in total. The van der Waals surface area contributed by atoms with Crippen molar-refractivity contribution >= 4 is 33.3 Å². The van der Waals surface area contributed by atoms with E-state index in [1.54, 1.807) is 0 Å². The van der Waals surface area contributed by atoms with Gasteiger partial charge in [0.2, 0.25) is 0 Å². The van der Waals surface area contributed by atoms with E-state index in [-0.39, 0.29) is 12.1 Å². The van der Waals surface area contributed by atoms with Crippen molar-refractivity contribution < 1.29 is 0 Å². The second-order valence-electron chi connectivity index (χ2n) is 16.2. The van der Waals surface area contributed by atoms with Gasteiger partial charge in [-0.2, -0.15) is 0 Å². The highest BCUT2D eigenvalue weighted by Gasteiger charge is 2.27. The molecule has 2 aliphatic rings. The maximum absolute atomic E-state index is 4.05. The number of rotatable bonds is 8. The molecule has 9 aromatic carbocycles. The molecule has 2 nitrogen and oxygen atoms in total. The van der Waals surface area contributed by atoms with Gasteiger partial charge in [0.05, 0.1) is 17.8 Å². The van der Waals surface area contributed by atoms with E-state index in [1.165, 1.54) is 83.1 Å². The van der Waals surface area contributed by atoms with Crippen LogP contribution in [0.5, 0.6) is 0 Å². The molecule has 0 aromatic heterocycles. The molecule has 0 spiro atoms. The van der Waals surface area contributed by atoms with Crippen molar-refractivity contribution in [2.45, 2.75) is 12.1 Å². The molecule has 62 heavy (non-hydrogen) atoms. The Hall–Kier alpha value is -7.94. The number of allylic oxidation sites excluding steroid dienone is 2. The van der Waals surface area contributed by atoms with Gasteiger partial charge in [-0.3, -0.25) is 0 Å². The number of nitrogens with one attached hydrogen (secondary N) is 2. The fraction of sp³-hybridized carbons (Fsp3) is 0.0333. The van der Waals surface area contributed by atoms with Crippen molar-refractivity contribution in [2.24, 2.45) is 0 Å². The van der Waals surface area contributed by atoms with Gasteiger partial charge in [-0.25, -0.2) is 0 Å². The molecule has 294 valence electrons. The second-order valence-corrected chi connectivity index (χ2v) is 16.2. The molecule has 2 aliphatic heterocycles. The smallest absolute Gasteiger partial charge is 0.0707 e. The Labute approximate surface area is 363 Å². The van der Waals surface area contributed by atoms with Crippen molar-refractivity contribution in [3.05, 3.63) is 276 Å². The summed E-state index contributed by atoms with van der Waals surface area (Å²) in [5.74, 6) is 0. The van der Waals surface area contributed by atoms with Crippen molar-refractivity contribution in [1.29, 1.82) is 0 Å². The van der Waals surface area contributed by atoms with Crippen LogP contribution in [0.2, 0.25) is 0 Å². The van der Waals surface area contributed by atoms with Crippen LogP contribution >= 0.6 is 0 Å². The third-order valence-electron chi connectivity index (χ3n) is 12.3. The Morgan fingerprint density at radius 1 is 0.339 bits per heavy atom. The summed E-state index contributed by atoms with van der Waals surface area (Å²) in [6.45, 7) is 0. The lowest BCUT2D eigenvalue weighted by atomic mass is 9.83. The molecule has 11 rings (SSSR count). The Bertz CT molecular complexity index is 3130. The van der Waals surface area contributed by atoms with Crippen LogP contribution in [0.1, 0.15) is 45.5 Å². The predicted molar refractivity (Wildman–Crippen MR) is 261 cm³/mol. The summed E-state index contributed by atoms with van der Waals surface area (Å²) in [6.07, 6.45) is 7.11. The van der Waals surface area contributed by atoms with Gasteiger partial charge in [-0.1, -0.05) is 212 Å². The van der Waals surface area contributed by atoms with Crippen LogP contribution in [0.4, 0.5) is 5.69 Å². The number of hydrogen-bond donors (Lipinski definition) is 2. The minimum absolute atomic E-state index is 0.00179. The molecule has 2 heterocycles. The number of anilines is 1. The Balaban J connectivity index is 1.04. The Morgan fingerprint density at radius 2 is 0.839 bits per heavy atom. The zero-order valence-electron chi connectivity index (χ0n) is 34.2. The van der Waals surface area contributed by atoms with Gasteiger partial charge in [-0.15, -0.1) is 0 Å². The van der Waals surface area contributed by atoms with Gasteiger partial charge in [-0.05, 0) is 108 Å². The molecule has 0 bridgehead atoms. The molecule has 2 atom stereocenters. The van der Waals surface area contributed by atoms with Gasteiger partial charge in [0.25, 0.3) is 0 Å². The Kier molecular flexibility index (Phi) is 9.72. The first-order valence-electron chi connectivity index (χ1n) is 21.5. The van der Waals surface area contributed by atoms with Crippen LogP contribution in [0.15, 0.2) is 243 Å². The van der Waals surface area contributed by atoms with Crippen LogP contribution in [-0.4, -0.2) is 0 Å². The van der Waals surface area contributed by atoms with Crippen LogP contribution < -0.4 is 10.6 Å². The highest BCUT2D eigenvalue weighted by molar-refractivity contribution is 6.09. The molecule has 0 radical (unpaired) electrons. The lowest BCUT2D eigenvalue weighted by molar-refractivity contribution is 0.767. The molecule has 0 fully saturated rings. The summed E-state index contributed by atoms with van der Waals surface area (Å²) in [5, 5.41) is 10.4. The number of dihydropyridines is 1. The third-order valence-corrected chi connectivity index (χ3v) is 12.3. The molecule has 2 unspecified atom stereocenters. The maximum atomic E-state index is 4.05. The van der Waals surface area contributed by atoms with Crippen molar-refractivity contribution in [3.8, 4) is 33.4 Å². The van der Waals surface area contributed by atoms with Gasteiger partial charge < -0.3 is 10.6 Å². The van der Waals surface area contributed by atoms with E-state index in [9.17, 15) is 0 Å². The van der Waals surface area contributed by atoms with Crippen LogP contribution in [-0.2, 0) is 0 Å². The van der Waals surface area contributed by atoms with E-state index in [1.807, 2.05) is 0 Å². The van der Waals surface area contributed by atoms with Crippen LogP contribution in [0.25, 0.3) is 61.0 Å². The minimum Gasteiger partial charge on any atom is -0.374 e. The monoisotopic (exact) mass is 792 g/mol. The average molecular weight is 793 g/mol. The SMILES string of the molecule is C1=C(c2cccc(-c3cc4ccccc4c4c3NC(c3ccccc3)C=C4c3ccccc3)c2)C=C(c2ccc(-c3ccccc3)cc2)NC1c1ccc(-c2ccccc2)cc1. The normalized spacial score (nSPS) is 15.6. The highest BCUT2D eigenvalue weighted by Crippen LogP contribution is 2.48. The molecular formula is C60H44N2. The lowest BCUT2D eigenvalue weighted by Crippen LogP contribution is -2.21. The van der Waals surface area contributed by atoms with Crippen LogP contribution in [0, 0.1) is 0 Å². The first kappa shape index (κ1) is 37.1. The summed E-state index contributed by atoms with van der Waals surface area (Å²) in [5.41, 5.74) is 19.1. The van der Waals surface area contributed by atoms with Gasteiger partial charge in [0.1, 0.15) is 0 Å². The molecule has 0 saturated carbocycles. The predicted octanol–water partition coefficient (Wildman–Crippen LogP) is 15.2. The van der Waals surface area contributed by atoms with Gasteiger partial charge in [0.15, 0.2) is 0 Å². The summed E-state index contributed by atoms with van der Waals surface area (Å²) in [4.78, 5) is 0. The Morgan fingerprint density at radius 3 is 1.52 bits per heavy atom. The minimum atomic E-state index is -0.0347. The maximum Gasteiger partial charge on any atom is 0.0707 e.